The first kappa shape index (κ1) is 14.1. The van der Waals surface area contributed by atoms with E-state index in [-0.39, 0.29) is 11.0 Å². The van der Waals surface area contributed by atoms with Gasteiger partial charge in [0.15, 0.2) is 5.13 Å². The molecular weight excluding hydrogens is 304 g/mol. The number of nitrogens with zero attached hydrogens (tertiary/aromatic N) is 5. The molecule has 22 heavy (non-hydrogen) atoms. The van der Waals surface area contributed by atoms with E-state index in [0.717, 1.165) is 22.7 Å². The summed E-state index contributed by atoms with van der Waals surface area (Å²) in [7, 11) is 0. The van der Waals surface area contributed by atoms with Crippen LogP contribution < -0.4 is 5.32 Å². The maximum atomic E-state index is 10.7. The van der Waals surface area contributed by atoms with E-state index >= 15 is 0 Å². The first-order valence-electron chi connectivity index (χ1n) is 6.48. The molecule has 8 nitrogen and oxygen atoms in total. The minimum atomic E-state index is -0.459. The molecule has 112 valence electrons. The minimum Gasteiger partial charge on any atom is -0.353 e. The number of rotatable bonds is 5. The van der Waals surface area contributed by atoms with Crippen molar-refractivity contribution in [3.63, 3.8) is 0 Å². The van der Waals surface area contributed by atoms with Gasteiger partial charge in [-0.1, -0.05) is 23.4 Å². The summed E-state index contributed by atoms with van der Waals surface area (Å²) in [6.07, 6.45) is 3.05. The summed E-state index contributed by atoms with van der Waals surface area (Å²) in [6.45, 7) is 1.90. The zero-order valence-electron chi connectivity index (χ0n) is 11.6. The number of nitro groups is 1. The zero-order valence-corrected chi connectivity index (χ0v) is 12.4. The summed E-state index contributed by atoms with van der Waals surface area (Å²) in [5, 5.41) is 22.4. The quantitative estimate of drug-likeness (QED) is 0.574. The SMILES string of the molecule is CC(Nc1ncc([N+](=O)[O-])s1)c1cn(-c2ccccc2)nn1. The number of thiazole rings is 1. The Labute approximate surface area is 129 Å². The van der Waals surface area contributed by atoms with Crippen molar-refractivity contribution in [1.82, 2.24) is 20.0 Å². The Morgan fingerprint density at radius 2 is 2.14 bits per heavy atom. The molecule has 1 unspecified atom stereocenters. The zero-order chi connectivity index (χ0) is 15.5. The van der Waals surface area contributed by atoms with Crippen LogP contribution in [0.5, 0.6) is 0 Å². The molecular formula is C13H12N6O2S. The maximum absolute atomic E-state index is 10.7. The van der Waals surface area contributed by atoms with E-state index in [4.69, 9.17) is 0 Å². The van der Waals surface area contributed by atoms with E-state index in [2.05, 4.69) is 20.6 Å². The molecule has 0 saturated carbocycles. The molecule has 3 aromatic rings. The number of benzene rings is 1. The fourth-order valence-corrected chi connectivity index (χ4v) is 2.58. The van der Waals surface area contributed by atoms with Crippen LogP contribution in [0.1, 0.15) is 18.7 Å². The monoisotopic (exact) mass is 316 g/mol. The van der Waals surface area contributed by atoms with E-state index in [1.54, 1.807) is 4.68 Å². The van der Waals surface area contributed by atoms with Gasteiger partial charge in [0.1, 0.15) is 11.9 Å². The predicted molar refractivity (Wildman–Crippen MR) is 82.2 cm³/mol. The molecule has 0 fully saturated rings. The van der Waals surface area contributed by atoms with E-state index in [1.165, 1.54) is 6.20 Å². The van der Waals surface area contributed by atoms with E-state index in [0.29, 0.717) is 5.13 Å². The van der Waals surface area contributed by atoms with Gasteiger partial charge in [0, 0.05) is 0 Å². The third-order valence-electron chi connectivity index (χ3n) is 2.99. The fraction of sp³-hybridized carbons (Fsp3) is 0.154. The Hall–Kier alpha value is -2.81. The van der Waals surface area contributed by atoms with Gasteiger partial charge in [-0.3, -0.25) is 10.1 Å². The summed E-state index contributed by atoms with van der Waals surface area (Å²) in [5.74, 6) is 0. The molecule has 0 aliphatic carbocycles. The lowest BCUT2D eigenvalue weighted by molar-refractivity contribution is -0.380. The number of hydrogen-bond acceptors (Lipinski definition) is 7. The molecule has 0 amide bonds. The van der Waals surface area contributed by atoms with E-state index in [9.17, 15) is 10.1 Å². The van der Waals surface area contributed by atoms with Crippen LogP contribution in [0.25, 0.3) is 5.69 Å². The molecule has 0 radical (unpaired) electrons. The topological polar surface area (TPSA) is 98.8 Å². The first-order valence-corrected chi connectivity index (χ1v) is 7.29. The second-order valence-corrected chi connectivity index (χ2v) is 5.56. The van der Waals surface area contributed by atoms with Crippen LogP contribution in [-0.2, 0) is 0 Å². The summed E-state index contributed by atoms with van der Waals surface area (Å²) in [6, 6.07) is 9.48. The molecule has 1 atom stereocenters. The van der Waals surface area contributed by atoms with Crippen molar-refractivity contribution in [2.45, 2.75) is 13.0 Å². The van der Waals surface area contributed by atoms with Gasteiger partial charge >= 0.3 is 5.00 Å². The molecule has 1 N–H and O–H groups in total. The second-order valence-electron chi connectivity index (χ2n) is 4.55. The molecule has 3 rings (SSSR count). The number of aromatic nitrogens is 4. The molecule has 1 aromatic carbocycles. The largest absolute Gasteiger partial charge is 0.353 e. The summed E-state index contributed by atoms with van der Waals surface area (Å²) < 4.78 is 1.68. The molecule has 2 heterocycles. The highest BCUT2D eigenvalue weighted by atomic mass is 32.1. The van der Waals surface area contributed by atoms with Crippen LogP contribution in [0.2, 0.25) is 0 Å². The minimum absolute atomic E-state index is 0.00244. The third-order valence-corrected chi connectivity index (χ3v) is 3.87. The lowest BCUT2D eigenvalue weighted by Gasteiger charge is -2.08. The summed E-state index contributed by atoms with van der Waals surface area (Å²) >= 11 is 0.991. The highest BCUT2D eigenvalue weighted by molar-refractivity contribution is 7.18. The van der Waals surface area contributed by atoms with E-state index in [1.807, 2.05) is 43.5 Å². The number of nitrogens with one attached hydrogen (secondary N) is 1. The number of para-hydroxylation sites is 1. The van der Waals surface area contributed by atoms with Crippen molar-refractivity contribution in [2.24, 2.45) is 0 Å². The fourth-order valence-electron chi connectivity index (χ4n) is 1.86. The van der Waals surface area contributed by atoms with Crippen molar-refractivity contribution in [3.8, 4) is 5.69 Å². The maximum Gasteiger partial charge on any atom is 0.345 e. The standard InChI is InChI=1S/C13H12N6O2S/c1-9(15-13-14-7-12(22-13)19(20)21)11-8-18(17-16-11)10-5-3-2-4-6-10/h2-9H,1H3,(H,14,15). The van der Waals surface area contributed by atoms with Gasteiger partial charge in [-0.25, -0.2) is 9.67 Å². The number of hydrogen-bond donors (Lipinski definition) is 1. The Bertz CT molecular complexity index is 785. The van der Waals surface area contributed by atoms with Crippen molar-refractivity contribution < 1.29 is 4.92 Å². The van der Waals surface area contributed by atoms with Gasteiger partial charge in [-0.15, -0.1) is 5.10 Å². The highest BCUT2D eigenvalue weighted by Gasteiger charge is 2.16. The Balaban J connectivity index is 1.74. The van der Waals surface area contributed by atoms with Crippen LogP contribution in [0.3, 0.4) is 0 Å². The van der Waals surface area contributed by atoms with E-state index < -0.39 is 4.92 Å². The van der Waals surface area contributed by atoms with Crippen LogP contribution in [-0.4, -0.2) is 24.9 Å². The van der Waals surface area contributed by atoms with Gasteiger partial charge in [0.25, 0.3) is 0 Å². The van der Waals surface area contributed by atoms with Gasteiger partial charge in [0.05, 0.1) is 22.8 Å². The lowest BCUT2D eigenvalue weighted by Crippen LogP contribution is -2.06. The Morgan fingerprint density at radius 1 is 1.36 bits per heavy atom. The van der Waals surface area contributed by atoms with Gasteiger partial charge < -0.3 is 5.32 Å². The Kier molecular flexibility index (Phi) is 3.79. The highest BCUT2D eigenvalue weighted by Crippen LogP contribution is 2.27. The molecule has 0 saturated heterocycles. The molecule has 0 spiro atoms. The van der Waals surface area contributed by atoms with Crippen molar-refractivity contribution in [1.29, 1.82) is 0 Å². The molecule has 2 aromatic heterocycles. The van der Waals surface area contributed by atoms with Crippen LogP contribution in [0.4, 0.5) is 10.1 Å². The van der Waals surface area contributed by atoms with Crippen LogP contribution >= 0.6 is 11.3 Å². The number of anilines is 1. The van der Waals surface area contributed by atoms with Crippen LogP contribution in [0.15, 0.2) is 42.7 Å². The van der Waals surface area contributed by atoms with Crippen LogP contribution in [0, 0.1) is 10.1 Å². The smallest absolute Gasteiger partial charge is 0.345 e. The Morgan fingerprint density at radius 3 is 2.82 bits per heavy atom. The first-order chi connectivity index (χ1) is 10.6. The normalized spacial score (nSPS) is 12.0. The van der Waals surface area contributed by atoms with Crippen molar-refractivity contribution >= 4 is 21.5 Å². The predicted octanol–water partition coefficient (Wildman–Crippen LogP) is 2.81. The van der Waals surface area contributed by atoms with Gasteiger partial charge in [-0.05, 0) is 30.4 Å². The average Bonchev–Trinajstić information content (AvgIpc) is 3.17. The van der Waals surface area contributed by atoms with Crippen molar-refractivity contribution in [2.75, 3.05) is 5.32 Å². The van der Waals surface area contributed by atoms with Gasteiger partial charge in [0.2, 0.25) is 0 Å². The molecule has 0 bridgehead atoms. The molecule has 0 aliphatic rings. The molecule has 0 aliphatic heterocycles. The average molecular weight is 316 g/mol. The summed E-state index contributed by atoms with van der Waals surface area (Å²) in [4.78, 5) is 14.2. The second kappa shape index (κ2) is 5.90. The van der Waals surface area contributed by atoms with Gasteiger partial charge in [-0.2, -0.15) is 0 Å². The third kappa shape index (κ3) is 2.93. The lowest BCUT2D eigenvalue weighted by atomic mass is 10.2. The summed E-state index contributed by atoms with van der Waals surface area (Å²) in [5.41, 5.74) is 1.64. The van der Waals surface area contributed by atoms with Crippen molar-refractivity contribution in [3.05, 3.63) is 58.5 Å². The molecule has 9 heteroatoms.